The molecule has 0 rings (SSSR count). The van der Waals surface area contributed by atoms with Crippen LogP contribution >= 0.6 is 7.14 Å². The third kappa shape index (κ3) is 8.19. The largest absolute Gasteiger partial charge is 0.396 e. The maximum absolute atomic E-state index is 11.0. The van der Waals surface area contributed by atoms with Crippen LogP contribution in [-0.4, -0.2) is 31.2 Å². The Bertz CT molecular complexity index is 106. The first kappa shape index (κ1) is 9.19. The summed E-state index contributed by atoms with van der Waals surface area (Å²) in [5, 5.41) is 8.37. The molecule has 0 amide bonds. The minimum atomic E-state index is -1.81. The van der Waals surface area contributed by atoms with E-state index in [1.807, 2.05) is 0 Å². The van der Waals surface area contributed by atoms with E-state index < -0.39 is 7.14 Å². The summed E-state index contributed by atoms with van der Waals surface area (Å²) < 4.78 is 11.0. The summed E-state index contributed by atoms with van der Waals surface area (Å²) in [5.41, 5.74) is 0. The highest BCUT2D eigenvalue weighted by Crippen LogP contribution is 2.36. The second-order valence-electron chi connectivity index (χ2n) is 2.73. The molecule has 1 N–H and O–H groups in total. The lowest BCUT2D eigenvalue weighted by Gasteiger charge is -2.03. The molecule has 0 bridgehead atoms. The lowest BCUT2D eigenvalue weighted by Crippen LogP contribution is -1.89. The smallest absolute Gasteiger partial charge is 0.0819 e. The number of rotatable bonds is 4. The van der Waals surface area contributed by atoms with Crippen LogP contribution in [0, 0.1) is 0 Å². The number of hydrogen-bond acceptors (Lipinski definition) is 2. The van der Waals surface area contributed by atoms with Gasteiger partial charge >= 0.3 is 0 Å². The van der Waals surface area contributed by atoms with Gasteiger partial charge in [0.2, 0.25) is 0 Å². The van der Waals surface area contributed by atoms with E-state index in [0.717, 1.165) is 19.0 Å². The van der Waals surface area contributed by atoms with Gasteiger partial charge in [0.25, 0.3) is 0 Å². The zero-order valence-corrected chi connectivity index (χ0v) is 7.03. The second-order valence-corrected chi connectivity index (χ2v) is 6.32. The SMILES string of the molecule is CP(C)(=O)CCCCO. The van der Waals surface area contributed by atoms with Gasteiger partial charge in [-0.3, -0.25) is 0 Å². The number of aliphatic hydroxyl groups excluding tert-OH is 1. The fourth-order valence-electron chi connectivity index (χ4n) is 0.604. The summed E-state index contributed by atoms with van der Waals surface area (Å²) >= 11 is 0. The highest BCUT2D eigenvalue weighted by Gasteiger charge is 2.04. The molecule has 0 saturated carbocycles. The van der Waals surface area contributed by atoms with Gasteiger partial charge in [-0.05, 0) is 26.2 Å². The van der Waals surface area contributed by atoms with E-state index in [-0.39, 0.29) is 6.61 Å². The summed E-state index contributed by atoms with van der Waals surface area (Å²) in [7, 11) is -1.81. The first-order valence-corrected chi connectivity index (χ1v) is 6.00. The quantitative estimate of drug-likeness (QED) is 0.485. The van der Waals surface area contributed by atoms with Crippen molar-refractivity contribution in [3.05, 3.63) is 0 Å². The Balaban J connectivity index is 3.18. The van der Waals surface area contributed by atoms with Crippen LogP contribution in [0.15, 0.2) is 0 Å². The molecule has 0 aliphatic rings. The third-order valence-electron chi connectivity index (χ3n) is 1.10. The molecule has 0 aliphatic carbocycles. The number of unbranched alkanes of at least 4 members (excludes halogenated alkanes) is 1. The summed E-state index contributed by atoms with van der Waals surface area (Å²) in [6, 6.07) is 0. The van der Waals surface area contributed by atoms with Crippen molar-refractivity contribution in [3.63, 3.8) is 0 Å². The van der Waals surface area contributed by atoms with E-state index in [0.29, 0.717) is 0 Å². The zero-order valence-electron chi connectivity index (χ0n) is 6.13. The maximum Gasteiger partial charge on any atom is 0.0819 e. The first-order valence-electron chi connectivity index (χ1n) is 3.21. The topological polar surface area (TPSA) is 37.3 Å². The Morgan fingerprint density at radius 3 is 2.22 bits per heavy atom. The molecule has 0 spiro atoms. The fourth-order valence-corrected chi connectivity index (χ4v) is 1.59. The van der Waals surface area contributed by atoms with Gasteiger partial charge in [-0.25, -0.2) is 0 Å². The molecule has 0 aliphatic heterocycles. The van der Waals surface area contributed by atoms with Gasteiger partial charge in [-0.2, -0.15) is 0 Å². The number of aliphatic hydroxyl groups is 1. The van der Waals surface area contributed by atoms with Gasteiger partial charge in [-0.15, -0.1) is 0 Å². The van der Waals surface area contributed by atoms with Gasteiger partial charge in [0.15, 0.2) is 0 Å². The van der Waals surface area contributed by atoms with Crippen LogP contribution in [0.4, 0.5) is 0 Å². The molecule has 9 heavy (non-hydrogen) atoms. The third-order valence-corrected chi connectivity index (χ3v) is 2.50. The molecule has 56 valence electrons. The molecule has 0 saturated heterocycles. The average molecular weight is 150 g/mol. The average Bonchev–Trinajstić information content (AvgIpc) is 1.63. The van der Waals surface area contributed by atoms with Crippen molar-refractivity contribution < 1.29 is 9.67 Å². The molecular weight excluding hydrogens is 135 g/mol. The molecule has 2 nitrogen and oxygen atoms in total. The van der Waals surface area contributed by atoms with Crippen molar-refractivity contribution >= 4 is 7.14 Å². The minimum Gasteiger partial charge on any atom is -0.396 e. The van der Waals surface area contributed by atoms with E-state index in [1.165, 1.54) is 0 Å². The Kier molecular flexibility index (Phi) is 4.16. The molecule has 0 unspecified atom stereocenters. The fraction of sp³-hybridized carbons (Fsp3) is 1.00. The highest BCUT2D eigenvalue weighted by atomic mass is 31.2. The standard InChI is InChI=1S/C6H15O2P/c1-9(2,8)6-4-3-5-7/h7H,3-6H2,1-2H3. The van der Waals surface area contributed by atoms with Crippen LogP contribution in [-0.2, 0) is 4.57 Å². The maximum atomic E-state index is 11.0. The first-order chi connectivity index (χ1) is 4.06. The van der Waals surface area contributed by atoms with E-state index in [4.69, 9.17) is 5.11 Å². The van der Waals surface area contributed by atoms with Gasteiger partial charge in [-0.1, -0.05) is 0 Å². The zero-order chi connectivity index (χ0) is 7.33. The summed E-state index contributed by atoms with van der Waals surface area (Å²) in [6.45, 7) is 3.79. The van der Waals surface area contributed by atoms with E-state index >= 15 is 0 Å². The van der Waals surface area contributed by atoms with E-state index in [9.17, 15) is 4.57 Å². The monoisotopic (exact) mass is 150 g/mol. The van der Waals surface area contributed by atoms with Crippen LogP contribution in [0.1, 0.15) is 12.8 Å². The second kappa shape index (κ2) is 4.08. The molecule has 3 heteroatoms. The van der Waals surface area contributed by atoms with Gasteiger partial charge in [0.05, 0.1) is 7.14 Å². The van der Waals surface area contributed by atoms with E-state index in [1.54, 1.807) is 13.3 Å². The van der Waals surface area contributed by atoms with Crippen LogP contribution < -0.4 is 0 Å². The molecule has 0 atom stereocenters. The van der Waals surface area contributed by atoms with E-state index in [2.05, 4.69) is 0 Å². The Morgan fingerprint density at radius 1 is 1.33 bits per heavy atom. The predicted molar refractivity (Wildman–Crippen MR) is 40.6 cm³/mol. The molecular formula is C6H15O2P. The lowest BCUT2D eigenvalue weighted by molar-refractivity contribution is 0.287. The normalized spacial score (nSPS) is 11.9. The van der Waals surface area contributed by atoms with Crippen molar-refractivity contribution in [2.75, 3.05) is 26.1 Å². The lowest BCUT2D eigenvalue weighted by atomic mass is 10.4. The molecule has 0 aromatic rings. The molecule has 0 heterocycles. The van der Waals surface area contributed by atoms with Crippen molar-refractivity contribution in [2.24, 2.45) is 0 Å². The molecule has 0 fully saturated rings. The van der Waals surface area contributed by atoms with Gasteiger partial charge in [0, 0.05) is 12.8 Å². The van der Waals surface area contributed by atoms with Crippen LogP contribution in [0.5, 0.6) is 0 Å². The molecule has 0 aromatic carbocycles. The van der Waals surface area contributed by atoms with Crippen LogP contribution in [0.3, 0.4) is 0 Å². The van der Waals surface area contributed by atoms with Gasteiger partial charge < -0.3 is 9.67 Å². The Morgan fingerprint density at radius 2 is 1.89 bits per heavy atom. The predicted octanol–water partition coefficient (Wildman–Crippen LogP) is 1.38. The minimum absolute atomic E-state index is 0.222. The molecule has 0 radical (unpaired) electrons. The van der Waals surface area contributed by atoms with Crippen molar-refractivity contribution in [2.45, 2.75) is 12.8 Å². The Hall–Kier alpha value is 0.190. The summed E-state index contributed by atoms with van der Waals surface area (Å²) in [4.78, 5) is 0. The Labute approximate surface area is 56.6 Å². The molecule has 0 aromatic heterocycles. The summed E-state index contributed by atoms with van der Waals surface area (Å²) in [6.07, 6.45) is 2.44. The summed E-state index contributed by atoms with van der Waals surface area (Å²) in [5.74, 6) is 0. The van der Waals surface area contributed by atoms with Gasteiger partial charge in [0.1, 0.15) is 0 Å². The van der Waals surface area contributed by atoms with Crippen LogP contribution in [0.2, 0.25) is 0 Å². The van der Waals surface area contributed by atoms with Crippen molar-refractivity contribution in [3.8, 4) is 0 Å². The number of hydrogen-bond donors (Lipinski definition) is 1. The van der Waals surface area contributed by atoms with Crippen molar-refractivity contribution in [1.82, 2.24) is 0 Å². The highest BCUT2D eigenvalue weighted by molar-refractivity contribution is 7.62. The van der Waals surface area contributed by atoms with Crippen LogP contribution in [0.25, 0.3) is 0 Å². The van der Waals surface area contributed by atoms with Crippen molar-refractivity contribution in [1.29, 1.82) is 0 Å².